The number of amides is 1. The van der Waals surface area contributed by atoms with Gasteiger partial charge in [-0.1, -0.05) is 23.7 Å². The highest BCUT2D eigenvalue weighted by molar-refractivity contribution is 6.30. The van der Waals surface area contributed by atoms with Crippen molar-refractivity contribution in [1.82, 2.24) is 5.32 Å². The summed E-state index contributed by atoms with van der Waals surface area (Å²) in [7, 11) is 0. The molecule has 0 aromatic heterocycles. The van der Waals surface area contributed by atoms with Crippen LogP contribution in [0.1, 0.15) is 31.7 Å². The number of halogens is 1. The van der Waals surface area contributed by atoms with Gasteiger partial charge in [0.25, 0.3) is 0 Å². The summed E-state index contributed by atoms with van der Waals surface area (Å²) >= 11 is 5.94. The van der Waals surface area contributed by atoms with Gasteiger partial charge in [-0.05, 0) is 43.9 Å². The van der Waals surface area contributed by atoms with Gasteiger partial charge in [0.1, 0.15) is 0 Å². The lowest BCUT2D eigenvalue weighted by molar-refractivity contribution is -0.142. The van der Waals surface area contributed by atoms with E-state index in [0.717, 1.165) is 12.0 Å². The molecular formula is C15H18ClNO3. The summed E-state index contributed by atoms with van der Waals surface area (Å²) in [5.41, 5.74) is 1.07. The normalized spacial score (nSPS) is 23.8. The summed E-state index contributed by atoms with van der Waals surface area (Å²) in [6.07, 6.45) is 0.792. The van der Waals surface area contributed by atoms with E-state index < -0.39 is 11.9 Å². The predicted octanol–water partition coefficient (Wildman–Crippen LogP) is 2.67. The van der Waals surface area contributed by atoms with E-state index in [1.165, 1.54) is 0 Å². The number of hydrogen-bond donors (Lipinski definition) is 2. The van der Waals surface area contributed by atoms with Crippen LogP contribution in [0, 0.1) is 11.8 Å². The molecule has 5 heteroatoms. The number of rotatable bonds is 5. The van der Waals surface area contributed by atoms with Gasteiger partial charge in [-0.25, -0.2) is 0 Å². The number of benzene rings is 1. The highest BCUT2D eigenvalue weighted by atomic mass is 35.5. The monoisotopic (exact) mass is 295 g/mol. The van der Waals surface area contributed by atoms with Gasteiger partial charge in [-0.15, -0.1) is 0 Å². The third-order valence-electron chi connectivity index (χ3n) is 3.91. The molecule has 1 aromatic rings. The number of carbonyl (C=O) groups is 2. The lowest BCUT2D eigenvalue weighted by Gasteiger charge is -2.17. The third kappa shape index (κ3) is 3.31. The van der Waals surface area contributed by atoms with Crippen molar-refractivity contribution in [3.05, 3.63) is 34.9 Å². The number of nitrogens with one attached hydrogen (secondary N) is 1. The molecule has 1 fully saturated rings. The van der Waals surface area contributed by atoms with Gasteiger partial charge in [-0.3, -0.25) is 9.59 Å². The zero-order chi connectivity index (χ0) is 14.9. The molecule has 1 aliphatic rings. The van der Waals surface area contributed by atoms with Crippen LogP contribution in [0.5, 0.6) is 0 Å². The molecule has 4 atom stereocenters. The van der Waals surface area contributed by atoms with Gasteiger partial charge in [0.2, 0.25) is 5.91 Å². The molecule has 1 aliphatic carbocycles. The summed E-state index contributed by atoms with van der Waals surface area (Å²) in [6.45, 7) is 3.31. The molecule has 1 aromatic carbocycles. The second kappa shape index (κ2) is 5.83. The standard InChI is InChI=1S/C15H18ClNO3/c1-8(15(19)20)9(2)17-14(18)13-7-12(13)10-4-3-5-11(16)6-10/h3-6,8-9,12-13H,7H2,1-2H3,(H,17,18)(H,19,20). The third-order valence-corrected chi connectivity index (χ3v) is 4.15. The van der Waals surface area contributed by atoms with Crippen molar-refractivity contribution in [3.8, 4) is 0 Å². The Bertz CT molecular complexity index is 532. The SMILES string of the molecule is CC(NC(=O)C1CC1c1cccc(Cl)c1)C(C)C(=O)O. The second-order valence-corrected chi connectivity index (χ2v) is 5.86. The van der Waals surface area contributed by atoms with Gasteiger partial charge in [0, 0.05) is 17.0 Å². The Morgan fingerprint density at radius 3 is 2.70 bits per heavy atom. The van der Waals surface area contributed by atoms with Gasteiger partial charge in [0.05, 0.1) is 5.92 Å². The second-order valence-electron chi connectivity index (χ2n) is 5.43. The fraction of sp³-hybridized carbons (Fsp3) is 0.467. The molecule has 2 N–H and O–H groups in total. The van der Waals surface area contributed by atoms with Crippen LogP contribution in [0.25, 0.3) is 0 Å². The highest BCUT2D eigenvalue weighted by Crippen LogP contribution is 2.48. The molecule has 4 nitrogen and oxygen atoms in total. The molecule has 108 valence electrons. The van der Waals surface area contributed by atoms with E-state index in [0.29, 0.717) is 5.02 Å². The first-order valence-corrected chi connectivity index (χ1v) is 7.06. The van der Waals surface area contributed by atoms with Gasteiger partial charge < -0.3 is 10.4 Å². The Labute approximate surface area is 123 Å². The number of carboxylic acid groups (broad SMARTS) is 1. The molecular weight excluding hydrogens is 278 g/mol. The smallest absolute Gasteiger partial charge is 0.308 e. The molecule has 2 rings (SSSR count). The first-order chi connectivity index (χ1) is 9.40. The van der Waals surface area contributed by atoms with Crippen molar-refractivity contribution in [2.45, 2.75) is 32.2 Å². The molecule has 0 aliphatic heterocycles. The molecule has 0 bridgehead atoms. The van der Waals surface area contributed by atoms with E-state index in [1.54, 1.807) is 19.9 Å². The van der Waals surface area contributed by atoms with Crippen molar-refractivity contribution >= 4 is 23.5 Å². The van der Waals surface area contributed by atoms with E-state index in [9.17, 15) is 9.59 Å². The summed E-state index contributed by atoms with van der Waals surface area (Å²) in [5, 5.41) is 12.4. The van der Waals surface area contributed by atoms with Crippen LogP contribution in [0.15, 0.2) is 24.3 Å². The Kier molecular flexibility index (Phi) is 4.33. The first-order valence-electron chi connectivity index (χ1n) is 6.68. The van der Waals surface area contributed by atoms with Gasteiger partial charge >= 0.3 is 5.97 Å². The lowest BCUT2D eigenvalue weighted by Crippen LogP contribution is -2.40. The van der Waals surface area contributed by atoms with Crippen LogP contribution < -0.4 is 5.32 Å². The fourth-order valence-corrected chi connectivity index (χ4v) is 2.46. The van der Waals surface area contributed by atoms with E-state index in [-0.39, 0.29) is 23.8 Å². The summed E-state index contributed by atoms with van der Waals surface area (Å²) < 4.78 is 0. The van der Waals surface area contributed by atoms with Crippen molar-refractivity contribution in [3.63, 3.8) is 0 Å². The van der Waals surface area contributed by atoms with Crippen molar-refractivity contribution in [1.29, 1.82) is 0 Å². The molecule has 0 saturated heterocycles. The van der Waals surface area contributed by atoms with Crippen LogP contribution in [-0.4, -0.2) is 23.0 Å². The predicted molar refractivity (Wildman–Crippen MR) is 76.7 cm³/mol. The zero-order valence-electron chi connectivity index (χ0n) is 11.5. The van der Waals surface area contributed by atoms with Gasteiger partial charge in [0.15, 0.2) is 0 Å². The maximum absolute atomic E-state index is 12.1. The molecule has 4 unspecified atom stereocenters. The van der Waals surface area contributed by atoms with Gasteiger partial charge in [-0.2, -0.15) is 0 Å². The zero-order valence-corrected chi connectivity index (χ0v) is 12.2. The summed E-state index contributed by atoms with van der Waals surface area (Å²) in [4.78, 5) is 22.9. The minimum Gasteiger partial charge on any atom is -0.481 e. The minimum atomic E-state index is -0.903. The number of aliphatic carboxylic acids is 1. The van der Waals surface area contributed by atoms with Crippen LogP contribution in [0.2, 0.25) is 5.02 Å². The quantitative estimate of drug-likeness (QED) is 0.877. The maximum Gasteiger partial charge on any atom is 0.308 e. The molecule has 1 amide bonds. The number of carbonyl (C=O) groups excluding carboxylic acids is 1. The van der Waals surface area contributed by atoms with Crippen molar-refractivity contribution in [2.75, 3.05) is 0 Å². The number of hydrogen-bond acceptors (Lipinski definition) is 2. The van der Waals surface area contributed by atoms with Crippen molar-refractivity contribution in [2.24, 2.45) is 11.8 Å². The first kappa shape index (κ1) is 14.9. The van der Waals surface area contributed by atoms with E-state index >= 15 is 0 Å². The fourth-order valence-electron chi connectivity index (χ4n) is 2.26. The minimum absolute atomic E-state index is 0.0723. The Hall–Kier alpha value is -1.55. The Balaban J connectivity index is 1.92. The molecule has 1 saturated carbocycles. The Morgan fingerprint density at radius 2 is 2.10 bits per heavy atom. The lowest BCUT2D eigenvalue weighted by atomic mass is 10.0. The van der Waals surface area contributed by atoms with Crippen LogP contribution in [0.4, 0.5) is 0 Å². The van der Waals surface area contributed by atoms with E-state index in [1.807, 2.05) is 18.2 Å². The van der Waals surface area contributed by atoms with Crippen LogP contribution in [0.3, 0.4) is 0 Å². The largest absolute Gasteiger partial charge is 0.481 e. The molecule has 20 heavy (non-hydrogen) atoms. The summed E-state index contributed by atoms with van der Waals surface area (Å²) in [6, 6.07) is 7.15. The topological polar surface area (TPSA) is 66.4 Å². The average molecular weight is 296 g/mol. The Morgan fingerprint density at radius 1 is 1.40 bits per heavy atom. The van der Waals surface area contributed by atoms with Crippen molar-refractivity contribution < 1.29 is 14.7 Å². The molecule has 0 spiro atoms. The number of carboxylic acids is 1. The highest BCUT2D eigenvalue weighted by Gasteiger charge is 2.44. The molecule has 0 heterocycles. The van der Waals surface area contributed by atoms with E-state index in [4.69, 9.17) is 16.7 Å². The summed E-state index contributed by atoms with van der Waals surface area (Å²) in [5.74, 6) is -1.45. The maximum atomic E-state index is 12.1. The van der Waals surface area contributed by atoms with Crippen LogP contribution >= 0.6 is 11.6 Å². The van der Waals surface area contributed by atoms with E-state index in [2.05, 4.69) is 5.32 Å². The van der Waals surface area contributed by atoms with Crippen LogP contribution in [-0.2, 0) is 9.59 Å². The molecule has 0 radical (unpaired) electrons. The average Bonchev–Trinajstić information content (AvgIpc) is 3.17.